The van der Waals surface area contributed by atoms with Crippen LogP contribution in [0.3, 0.4) is 0 Å². The zero-order valence-corrected chi connectivity index (χ0v) is 11.2. The maximum absolute atomic E-state index is 11.4. The van der Waals surface area contributed by atoms with Gasteiger partial charge in [-0.2, -0.15) is 5.26 Å². The highest BCUT2D eigenvalue weighted by Gasteiger charge is 2.07. The van der Waals surface area contributed by atoms with E-state index in [0.717, 1.165) is 12.8 Å². The van der Waals surface area contributed by atoms with E-state index < -0.39 is 0 Å². The number of nitriles is 1. The number of carbonyl (C=O) groups excluding carboxylic acids is 1. The molecule has 0 spiro atoms. The Labute approximate surface area is 113 Å². The van der Waals surface area contributed by atoms with E-state index >= 15 is 0 Å². The van der Waals surface area contributed by atoms with Crippen LogP contribution in [0.1, 0.15) is 25.3 Å². The van der Waals surface area contributed by atoms with Crippen LogP contribution in [0, 0.1) is 11.3 Å². The second kappa shape index (κ2) is 7.98. The molecule has 0 aliphatic heterocycles. The molecule has 0 unspecified atom stereocenters. The molecule has 0 radical (unpaired) electrons. The summed E-state index contributed by atoms with van der Waals surface area (Å²) in [7, 11) is 1.52. The van der Waals surface area contributed by atoms with Crippen LogP contribution in [0.2, 0.25) is 0 Å². The van der Waals surface area contributed by atoms with Gasteiger partial charge in [-0.15, -0.1) is 0 Å². The average Bonchev–Trinajstić information content (AvgIpc) is 2.45. The quantitative estimate of drug-likeness (QED) is 0.603. The van der Waals surface area contributed by atoms with Crippen LogP contribution in [0.25, 0.3) is 0 Å². The lowest BCUT2D eigenvalue weighted by molar-refractivity contribution is -0.141. The number of nitrogens with zero attached hydrogens (tertiary/aromatic N) is 1. The molecule has 0 aliphatic rings. The highest BCUT2D eigenvalue weighted by Crippen LogP contribution is 2.24. The van der Waals surface area contributed by atoms with Gasteiger partial charge >= 0.3 is 5.97 Å². The van der Waals surface area contributed by atoms with Crippen LogP contribution in [0.5, 0.6) is 5.75 Å². The topological polar surface area (TPSA) is 71.3 Å². The van der Waals surface area contributed by atoms with E-state index in [0.29, 0.717) is 23.6 Å². The van der Waals surface area contributed by atoms with Gasteiger partial charge in [-0.3, -0.25) is 4.79 Å². The minimum absolute atomic E-state index is 0.0754. The van der Waals surface area contributed by atoms with E-state index in [1.165, 1.54) is 7.11 Å². The van der Waals surface area contributed by atoms with Crippen molar-refractivity contribution in [1.82, 2.24) is 0 Å². The van der Waals surface area contributed by atoms with Crippen molar-refractivity contribution in [3.05, 3.63) is 23.8 Å². The van der Waals surface area contributed by atoms with Crippen LogP contribution in [-0.4, -0.2) is 26.2 Å². The summed E-state index contributed by atoms with van der Waals surface area (Å²) in [4.78, 5) is 11.4. The average molecular weight is 262 g/mol. The standard InChI is InChI=1S/C14H18N2O3/c1-3-4-7-19-14(17)10-16-12-6-5-11(9-15)8-13(12)18-2/h5-6,8,16H,3-4,7,10H2,1-2H3. The Hall–Kier alpha value is -2.22. The van der Waals surface area contributed by atoms with Crippen molar-refractivity contribution < 1.29 is 14.3 Å². The summed E-state index contributed by atoms with van der Waals surface area (Å²) < 4.78 is 10.2. The Bertz CT molecular complexity index is 466. The van der Waals surface area contributed by atoms with Gasteiger partial charge in [-0.25, -0.2) is 0 Å². The number of carbonyl (C=O) groups is 1. The lowest BCUT2D eigenvalue weighted by Crippen LogP contribution is -2.17. The largest absolute Gasteiger partial charge is 0.495 e. The van der Waals surface area contributed by atoms with Gasteiger partial charge in [-0.05, 0) is 18.6 Å². The lowest BCUT2D eigenvalue weighted by atomic mass is 10.2. The first kappa shape index (κ1) is 14.8. The van der Waals surface area contributed by atoms with E-state index in [1.807, 2.05) is 13.0 Å². The number of rotatable bonds is 7. The second-order valence-electron chi connectivity index (χ2n) is 3.95. The zero-order chi connectivity index (χ0) is 14.1. The normalized spacial score (nSPS) is 9.53. The fraction of sp³-hybridized carbons (Fsp3) is 0.429. The van der Waals surface area contributed by atoms with Gasteiger partial charge < -0.3 is 14.8 Å². The molecule has 0 fully saturated rings. The number of ether oxygens (including phenoxy) is 2. The summed E-state index contributed by atoms with van der Waals surface area (Å²) in [6.45, 7) is 2.56. The van der Waals surface area contributed by atoms with Crippen molar-refractivity contribution in [2.45, 2.75) is 19.8 Å². The smallest absolute Gasteiger partial charge is 0.325 e. The molecule has 102 valence electrons. The van der Waals surface area contributed by atoms with E-state index in [1.54, 1.807) is 18.2 Å². The van der Waals surface area contributed by atoms with E-state index in [9.17, 15) is 4.79 Å². The summed E-state index contributed by atoms with van der Waals surface area (Å²) in [5, 5.41) is 11.7. The fourth-order valence-corrected chi connectivity index (χ4v) is 1.46. The van der Waals surface area contributed by atoms with Gasteiger partial charge in [0.05, 0.1) is 31.0 Å². The molecule has 1 N–H and O–H groups in total. The number of nitrogens with one attached hydrogen (secondary N) is 1. The Morgan fingerprint density at radius 3 is 2.89 bits per heavy atom. The first-order chi connectivity index (χ1) is 9.21. The third-order valence-corrected chi connectivity index (χ3v) is 2.51. The van der Waals surface area contributed by atoms with Crippen molar-refractivity contribution in [2.75, 3.05) is 25.6 Å². The molecule has 0 amide bonds. The SMILES string of the molecule is CCCCOC(=O)CNc1ccc(C#N)cc1OC. The molecule has 0 saturated heterocycles. The highest BCUT2D eigenvalue weighted by atomic mass is 16.5. The number of esters is 1. The molecule has 0 aromatic heterocycles. The summed E-state index contributed by atoms with van der Waals surface area (Å²) in [6, 6.07) is 7.01. The molecule has 5 nitrogen and oxygen atoms in total. The molecule has 0 bridgehead atoms. The third-order valence-electron chi connectivity index (χ3n) is 2.51. The van der Waals surface area contributed by atoms with E-state index in [2.05, 4.69) is 5.32 Å². The van der Waals surface area contributed by atoms with Gasteiger partial charge in [0.2, 0.25) is 0 Å². The van der Waals surface area contributed by atoms with E-state index in [4.69, 9.17) is 14.7 Å². The van der Waals surface area contributed by atoms with Crippen LogP contribution >= 0.6 is 0 Å². The van der Waals surface area contributed by atoms with Gasteiger partial charge in [-0.1, -0.05) is 13.3 Å². The third kappa shape index (κ3) is 4.88. The molecular weight excluding hydrogens is 244 g/mol. The van der Waals surface area contributed by atoms with E-state index in [-0.39, 0.29) is 12.5 Å². The number of hydrogen-bond donors (Lipinski definition) is 1. The molecule has 1 rings (SSSR count). The Morgan fingerprint density at radius 2 is 2.26 bits per heavy atom. The van der Waals surface area contributed by atoms with Crippen LogP contribution < -0.4 is 10.1 Å². The fourth-order valence-electron chi connectivity index (χ4n) is 1.46. The number of unbranched alkanes of at least 4 members (excludes halogenated alkanes) is 1. The maximum atomic E-state index is 11.4. The van der Waals surface area contributed by atoms with Crippen LogP contribution in [0.15, 0.2) is 18.2 Å². The first-order valence-corrected chi connectivity index (χ1v) is 6.19. The summed E-state index contributed by atoms with van der Waals surface area (Å²) in [5.41, 5.74) is 1.17. The molecule has 0 heterocycles. The van der Waals surface area contributed by atoms with Crippen LogP contribution in [0.4, 0.5) is 5.69 Å². The predicted octanol–water partition coefficient (Wildman–Crippen LogP) is 2.32. The number of methoxy groups -OCH3 is 1. The maximum Gasteiger partial charge on any atom is 0.325 e. The molecular formula is C14H18N2O3. The number of anilines is 1. The monoisotopic (exact) mass is 262 g/mol. The summed E-state index contributed by atoms with van der Waals surface area (Å²) in [5.74, 6) is 0.222. The van der Waals surface area contributed by atoms with Gasteiger partial charge in [0.15, 0.2) is 0 Å². The van der Waals surface area contributed by atoms with Crippen LogP contribution in [-0.2, 0) is 9.53 Å². The molecule has 1 aromatic carbocycles. The number of benzene rings is 1. The van der Waals surface area contributed by atoms with Crippen molar-refractivity contribution in [3.63, 3.8) is 0 Å². The van der Waals surface area contributed by atoms with Crippen molar-refractivity contribution >= 4 is 11.7 Å². The molecule has 0 atom stereocenters. The Morgan fingerprint density at radius 1 is 1.47 bits per heavy atom. The molecule has 19 heavy (non-hydrogen) atoms. The zero-order valence-electron chi connectivity index (χ0n) is 11.2. The minimum atomic E-state index is -0.306. The molecule has 1 aromatic rings. The summed E-state index contributed by atoms with van der Waals surface area (Å²) in [6.07, 6.45) is 1.86. The molecule has 0 aliphatic carbocycles. The van der Waals surface area contributed by atoms with Crippen molar-refractivity contribution in [2.24, 2.45) is 0 Å². The van der Waals surface area contributed by atoms with Gasteiger partial charge in [0.25, 0.3) is 0 Å². The van der Waals surface area contributed by atoms with Crippen molar-refractivity contribution in [1.29, 1.82) is 5.26 Å². The Kier molecular flexibility index (Phi) is 6.23. The Balaban J connectivity index is 2.53. The lowest BCUT2D eigenvalue weighted by Gasteiger charge is -2.11. The minimum Gasteiger partial charge on any atom is -0.495 e. The highest BCUT2D eigenvalue weighted by molar-refractivity contribution is 5.76. The van der Waals surface area contributed by atoms with Crippen molar-refractivity contribution in [3.8, 4) is 11.8 Å². The second-order valence-corrected chi connectivity index (χ2v) is 3.95. The van der Waals surface area contributed by atoms with Gasteiger partial charge in [0.1, 0.15) is 12.3 Å². The predicted molar refractivity (Wildman–Crippen MR) is 72.1 cm³/mol. The molecule has 0 saturated carbocycles. The number of hydrogen-bond acceptors (Lipinski definition) is 5. The summed E-state index contributed by atoms with van der Waals surface area (Å²) >= 11 is 0. The van der Waals surface area contributed by atoms with Gasteiger partial charge in [0, 0.05) is 6.07 Å². The molecule has 5 heteroatoms. The first-order valence-electron chi connectivity index (χ1n) is 6.19.